The molecule has 0 aliphatic carbocycles. The zero-order valence-corrected chi connectivity index (χ0v) is 11.7. The molecule has 6 heteroatoms. The van der Waals surface area contributed by atoms with Gasteiger partial charge in [0.25, 0.3) is 5.91 Å². The van der Waals surface area contributed by atoms with Gasteiger partial charge >= 0.3 is 0 Å². The third-order valence-corrected chi connectivity index (χ3v) is 5.25. The van der Waals surface area contributed by atoms with E-state index in [-0.39, 0.29) is 17.4 Å². The highest BCUT2D eigenvalue weighted by Crippen LogP contribution is 2.23. The first kappa shape index (κ1) is 13.4. The van der Waals surface area contributed by atoms with E-state index in [9.17, 15) is 13.2 Å². The van der Waals surface area contributed by atoms with Crippen LogP contribution < -0.4 is 5.32 Å². The van der Waals surface area contributed by atoms with Gasteiger partial charge < -0.3 is 5.32 Å². The molecule has 0 radical (unpaired) electrons. The van der Waals surface area contributed by atoms with E-state index in [1.165, 1.54) is 0 Å². The van der Waals surface area contributed by atoms with Crippen molar-refractivity contribution in [3.8, 4) is 0 Å². The number of carbonyl (C=O) groups excluding carboxylic acids is 1. The Balaban J connectivity index is 2.10. The normalized spacial score (nSPS) is 25.9. The van der Waals surface area contributed by atoms with Crippen molar-refractivity contribution < 1.29 is 13.2 Å². The minimum atomic E-state index is -3.02. The lowest BCUT2D eigenvalue weighted by atomic mass is 10.0. The van der Waals surface area contributed by atoms with Crippen LogP contribution in [0.3, 0.4) is 0 Å². The maximum Gasteiger partial charge on any atom is 0.251 e. The van der Waals surface area contributed by atoms with Gasteiger partial charge in [0.05, 0.1) is 17.0 Å². The minimum absolute atomic E-state index is 0.0103. The SMILES string of the molecule is CC1(NC(=O)c2ccc(S)cc2)CCS(=O)(=O)C1. The highest BCUT2D eigenvalue weighted by molar-refractivity contribution is 7.91. The number of nitrogens with one attached hydrogen (secondary N) is 1. The fourth-order valence-corrected chi connectivity index (χ4v) is 4.31. The molecule has 1 fully saturated rings. The Hall–Kier alpha value is -1.01. The number of benzene rings is 1. The molecule has 1 heterocycles. The molecule has 1 saturated heterocycles. The molecule has 1 aromatic rings. The zero-order chi connectivity index (χ0) is 13.4. The first-order valence-electron chi connectivity index (χ1n) is 5.62. The molecule has 0 spiro atoms. The first-order valence-corrected chi connectivity index (χ1v) is 7.89. The van der Waals surface area contributed by atoms with Crippen LogP contribution >= 0.6 is 12.6 Å². The first-order chi connectivity index (χ1) is 8.30. The molecular formula is C12H15NO3S2. The molecule has 2 rings (SSSR count). The van der Waals surface area contributed by atoms with Crippen molar-refractivity contribution in [1.82, 2.24) is 5.32 Å². The molecule has 1 aliphatic rings. The van der Waals surface area contributed by atoms with Crippen molar-refractivity contribution in [1.29, 1.82) is 0 Å². The van der Waals surface area contributed by atoms with Crippen molar-refractivity contribution in [3.05, 3.63) is 29.8 Å². The van der Waals surface area contributed by atoms with E-state index in [4.69, 9.17) is 0 Å². The Labute approximate surface area is 112 Å². The number of carbonyl (C=O) groups is 1. The number of hydrogen-bond acceptors (Lipinski definition) is 4. The van der Waals surface area contributed by atoms with Gasteiger partial charge in [-0.2, -0.15) is 0 Å². The van der Waals surface area contributed by atoms with Crippen LogP contribution in [0.25, 0.3) is 0 Å². The van der Waals surface area contributed by atoms with E-state index >= 15 is 0 Å². The Kier molecular flexibility index (Phi) is 3.42. The van der Waals surface area contributed by atoms with Gasteiger partial charge in [0, 0.05) is 10.5 Å². The third-order valence-electron chi connectivity index (χ3n) is 3.05. The summed E-state index contributed by atoms with van der Waals surface area (Å²) in [5.41, 5.74) is -0.145. The summed E-state index contributed by atoms with van der Waals surface area (Å²) in [5, 5.41) is 2.80. The molecule has 0 aromatic heterocycles. The quantitative estimate of drug-likeness (QED) is 0.805. The minimum Gasteiger partial charge on any atom is -0.346 e. The van der Waals surface area contributed by atoms with Gasteiger partial charge in [0.15, 0.2) is 9.84 Å². The Morgan fingerprint density at radius 1 is 1.33 bits per heavy atom. The maximum absolute atomic E-state index is 12.0. The molecule has 1 amide bonds. The Morgan fingerprint density at radius 3 is 2.44 bits per heavy atom. The predicted molar refractivity (Wildman–Crippen MR) is 72.8 cm³/mol. The number of amides is 1. The fourth-order valence-electron chi connectivity index (χ4n) is 2.07. The summed E-state index contributed by atoms with van der Waals surface area (Å²) in [6.07, 6.45) is 0.464. The van der Waals surface area contributed by atoms with Crippen LogP contribution in [0.1, 0.15) is 23.7 Å². The molecule has 1 unspecified atom stereocenters. The number of thiol groups is 1. The second-order valence-electron chi connectivity index (χ2n) is 4.90. The summed E-state index contributed by atoms with van der Waals surface area (Å²) < 4.78 is 22.9. The van der Waals surface area contributed by atoms with E-state index < -0.39 is 15.4 Å². The predicted octanol–water partition coefficient (Wildman–Crippen LogP) is 1.28. The van der Waals surface area contributed by atoms with Gasteiger partial charge in [0.2, 0.25) is 0 Å². The van der Waals surface area contributed by atoms with Gasteiger partial charge in [0.1, 0.15) is 0 Å². The van der Waals surface area contributed by atoms with E-state index in [0.717, 1.165) is 4.90 Å². The van der Waals surface area contributed by atoms with Crippen LogP contribution in [0.4, 0.5) is 0 Å². The number of rotatable bonds is 2. The summed E-state index contributed by atoms with van der Waals surface area (Å²) in [7, 11) is -3.02. The Bertz CT molecular complexity index is 565. The monoisotopic (exact) mass is 285 g/mol. The van der Waals surface area contributed by atoms with Crippen LogP contribution in [-0.2, 0) is 9.84 Å². The van der Waals surface area contributed by atoms with Gasteiger partial charge in [-0.25, -0.2) is 8.42 Å². The van der Waals surface area contributed by atoms with E-state index in [1.807, 2.05) is 0 Å². The molecular weight excluding hydrogens is 270 g/mol. The summed E-state index contributed by atoms with van der Waals surface area (Å²) in [6, 6.07) is 6.80. The fraction of sp³-hybridized carbons (Fsp3) is 0.417. The third kappa shape index (κ3) is 3.05. The lowest BCUT2D eigenvalue weighted by Gasteiger charge is -2.23. The van der Waals surface area contributed by atoms with Crippen molar-refractivity contribution >= 4 is 28.4 Å². The van der Waals surface area contributed by atoms with E-state index in [1.54, 1.807) is 31.2 Å². The highest BCUT2D eigenvalue weighted by atomic mass is 32.2. The Morgan fingerprint density at radius 2 is 1.94 bits per heavy atom. The molecule has 1 aromatic carbocycles. The second kappa shape index (κ2) is 4.59. The molecule has 1 N–H and O–H groups in total. The average molecular weight is 285 g/mol. The number of hydrogen-bond donors (Lipinski definition) is 2. The van der Waals surface area contributed by atoms with E-state index in [0.29, 0.717) is 12.0 Å². The second-order valence-corrected chi connectivity index (χ2v) is 7.60. The van der Waals surface area contributed by atoms with E-state index in [2.05, 4.69) is 17.9 Å². The maximum atomic E-state index is 12.0. The van der Waals surface area contributed by atoms with Crippen molar-refractivity contribution in [2.45, 2.75) is 23.8 Å². The van der Waals surface area contributed by atoms with Gasteiger partial charge in [-0.15, -0.1) is 12.6 Å². The average Bonchev–Trinajstić information content (AvgIpc) is 2.53. The topological polar surface area (TPSA) is 63.2 Å². The molecule has 1 aliphatic heterocycles. The van der Waals surface area contributed by atoms with Crippen LogP contribution in [0, 0.1) is 0 Å². The van der Waals surface area contributed by atoms with Crippen LogP contribution in [0.5, 0.6) is 0 Å². The highest BCUT2D eigenvalue weighted by Gasteiger charge is 2.39. The van der Waals surface area contributed by atoms with Crippen LogP contribution in [0.15, 0.2) is 29.2 Å². The van der Waals surface area contributed by atoms with Crippen molar-refractivity contribution in [2.24, 2.45) is 0 Å². The zero-order valence-electron chi connectivity index (χ0n) is 10.0. The van der Waals surface area contributed by atoms with Gasteiger partial charge in [-0.3, -0.25) is 4.79 Å². The molecule has 4 nitrogen and oxygen atoms in total. The van der Waals surface area contributed by atoms with Crippen molar-refractivity contribution in [3.63, 3.8) is 0 Å². The van der Waals surface area contributed by atoms with Crippen LogP contribution in [-0.4, -0.2) is 31.4 Å². The lowest BCUT2D eigenvalue weighted by Crippen LogP contribution is -2.46. The molecule has 1 atom stereocenters. The summed E-state index contributed by atoms with van der Waals surface area (Å²) in [6.45, 7) is 1.77. The van der Waals surface area contributed by atoms with Crippen LogP contribution in [0.2, 0.25) is 0 Å². The summed E-state index contributed by atoms with van der Waals surface area (Å²) in [5.74, 6) is -0.0987. The molecule has 98 valence electrons. The molecule has 0 bridgehead atoms. The smallest absolute Gasteiger partial charge is 0.251 e. The number of sulfone groups is 1. The van der Waals surface area contributed by atoms with Crippen molar-refractivity contribution in [2.75, 3.05) is 11.5 Å². The molecule has 18 heavy (non-hydrogen) atoms. The largest absolute Gasteiger partial charge is 0.346 e. The summed E-state index contributed by atoms with van der Waals surface area (Å²) in [4.78, 5) is 12.8. The van der Waals surface area contributed by atoms with Gasteiger partial charge in [-0.1, -0.05) is 0 Å². The lowest BCUT2D eigenvalue weighted by molar-refractivity contribution is 0.0915. The molecule has 0 saturated carbocycles. The van der Waals surface area contributed by atoms with Gasteiger partial charge in [-0.05, 0) is 37.6 Å². The summed E-state index contributed by atoms with van der Waals surface area (Å²) >= 11 is 4.14. The standard InChI is InChI=1S/C12H15NO3S2/c1-12(6-7-18(15,16)8-12)13-11(14)9-2-4-10(17)5-3-9/h2-5,17H,6-8H2,1H3,(H,13,14).